The van der Waals surface area contributed by atoms with Crippen molar-refractivity contribution >= 4 is 29.1 Å². The summed E-state index contributed by atoms with van der Waals surface area (Å²) in [5, 5.41) is 16.5. The predicted octanol–water partition coefficient (Wildman–Crippen LogP) is 3.57. The summed E-state index contributed by atoms with van der Waals surface area (Å²) < 4.78 is 6.56. The van der Waals surface area contributed by atoms with E-state index in [1.54, 1.807) is 4.90 Å². The van der Waals surface area contributed by atoms with E-state index in [2.05, 4.69) is 29.4 Å². The third-order valence-electron chi connectivity index (χ3n) is 9.71. The van der Waals surface area contributed by atoms with Crippen LogP contribution in [0.25, 0.3) is 0 Å². The van der Waals surface area contributed by atoms with Gasteiger partial charge in [-0.3, -0.25) is 14.4 Å². The number of aliphatic hydroxyl groups is 1. The minimum atomic E-state index is -1.12. The Labute approximate surface area is 248 Å². The summed E-state index contributed by atoms with van der Waals surface area (Å²) in [7, 11) is 0. The topological polar surface area (TPSA) is 111 Å². The standard InChI is InChI=1S/C33H44N4O5/c1-5-21(4)25(20-38)37-29(31(40)35-23-13-15-24(16-14-23)36(6-2)7-3)33-18-17-26(42-33)27(28(33)32(37)41)30(39)34-19-22-11-9-8-10-12-22/h8-16,21,25-29,38H,5-7,17-20H2,1-4H3,(H,34,39)(H,35,40)/t21-,25-,26+,27-,28-,29?,33?/m0/s1. The van der Waals surface area contributed by atoms with Crippen LogP contribution >= 0.6 is 0 Å². The van der Waals surface area contributed by atoms with Crippen LogP contribution < -0.4 is 15.5 Å². The van der Waals surface area contributed by atoms with Crippen molar-refractivity contribution in [1.82, 2.24) is 10.2 Å². The lowest BCUT2D eigenvalue weighted by Crippen LogP contribution is -2.57. The first-order valence-electron chi connectivity index (χ1n) is 15.4. The lowest BCUT2D eigenvalue weighted by molar-refractivity contribution is -0.145. The van der Waals surface area contributed by atoms with Gasteiger partial charge in [0, 0.05) is 31.0 Å². The molecule has 2 unspecified atom stereocenters. The maximum Gasteiger partial charge on any atom is 0.250 e. The number of carbonyl (C=O) groups excluding carboxylic acids is 3. The summed E-state index contributed by atoms with van der Waals surface area (Å²) in [5.41, 5.74) is 1.53. The number of amides is 3. The highest BCUT2D eigenvalue weighted by molar-refractivity contribution is 6.03. The van der Waals surface area contributed by atoms with Crippen LogP contribution in [0.3, 0.4) is 0 Å². The van der Waals surface area contributed by atoms with Crippen molar-refractivity contribution < 1.29 is 24.2 Å². The van der Waals surface area contributed by atoms with Crippen molar-refractivity contribution in [3.63, 3.8) is 0 Å². The number of ether oxygens (including phenoxy) is 1. The normalized spacial score (nSPS) is 27.5. The summed E-state index contributed by atoms with van der Waals surface area (Å²) in [6.45, 7) is 10.00. The summed E-state index contributed by atoms with van der Waals surface area (Å²) in [6, 6.07) is 15.8. The third-order valence-corrected chi connectivity index (χ3v) is 9.71. The number of benzene rings is 2. The highest BCUT2D eigenvalue weighted by Gasteiger charge is 2.75. The number of nitrogens with zero attached hydrogens (tertiary/aromatic N) is 2. The van der Waals surface area contributed by atoms with E-state index >= 15 is 0 Å². The van der Waals surface area contributed by atoms with Crippen LogP contribution in [0, 0.1) is 17.8 Å². The zero-order chi connectivity index (χ0) is 30.0. The number of hydrogen-bond acceptors (Lipinski definition) is 6. The van der Waals surface area contributed by atoms with Crippen LogP contribution in [0.5, 0.6) is 0 Å². The molecule has 3 amide bonds. The van der Waals surface area contributed by atoms with Crippen molar-refractivity contribution in [2.24, 2.45) is 17.8 Å². The number of likely N-dealkylation sites (tertiary alicyclic amines) is 1. The van der Waals surface area contributed by atoms with Gasteiger partial charge in [0.05, 0.1) is 30.6 Å². The first kappa shape index (κ1) is 30.0. The van der Waals surface area contributed by atoms with Gasteiger partial charge in [-0.25, -0.2) is 0 Å². The first-order chi connectivity index (χ1) is 20.3. The largest absolute Gasteiger partial charge is 0.394 e. The van der Waals surface area contributed by atoms with E-state index in [1.807, 2.05) is 68.4 Å². The Hall–Kier alpha value is -3.43. The molecule has 0 saturated carbocycles. The molecule has 1 spiro atoms. The Kier molecular flexibility index (Phi) is 8.89. The van der Waals surface area contributed by atoms with Crippen molar-refractivity contribution in [2.75, 3.05) is 29.9 Å². The van der Waals surface area contributed by atoms with Gasteiger partial charge in [-0.05, 0) is 62.4 Å². The second kappa shape index (κ2) is 12.4. The van der Waals surface area contributed by atoms with E-state index in [4.69, 9.17) is 4.74 Å². The highest BCUT2D eigenvalue weighted by Crippen LogP contribution is 2.59. The molecule has 3 saturated heterocycles. The molecule has 2 aromatic rings. The molecule has 42 heavy (non-hydrogen) atoms. The first-order valence-corrected chi connectivity index (χ1v) is 15.4. The molecule has 3 fully saturated rings. The molecular formula is C33H44N4O5. The van der Waals surface area contributed by atoms with Crippen LogP contribution in [-0.2, 0) is 25.7 Å². The van der Waals surface area contributed by atoms with E-state index in [1.165, 1.54) is 0 Å². The van der Waals surface area contributed by atoms with E-state index in [0.717, 1.165) is 30.8 Å². The lowest BCUT2D eigenvalue weighted by atomic mass is 9.70. The fourth-order valence-corrected chi connectivity index (χ4v) is 7.32. The lowest BCUT2D eigenvalue weighted by Gasteiger charge is -2.38. The Morgan fingerprint density at radius 1 is 1.07 bits per heavy atom. The molecule has 3 aliphatic rings. The van der Waals surface area contributed by atoms with Crippen LogP contribution in [0.15, 0.2) is 54.6 Å². The molecule has 9 heteroatoms. The molecule has 9 nitrogen and oxygen atoms in total. The molecule has 3 aliphatic heterocycles. The van der Waals surface area contributed by atoms with Crippen molar-refractivity contribution in [3.05, 3.63) is 60.2 Å². The number of aliphatic hydroxyl groups excluding tert-OH is 1. The smallest absolute Gasteiger partial charge is 0.250 e. The monoisotopic (exact) mass is 576 g/mol. The second-order valence-electron chi connectivity index (χ2n) is 11.8. The Morgan fingerprint density at radius 2 is 1.76 bits per heavy atom. The van der Waals surface area contributed by atoms with Gasteiger partial charge < -0.3 is 30.3 Å². The molecule has 0 aromatic heterocycles. The Bertz CT molecular complexity index is 1270. The van der Waals surface area contributed by atoms with E-state index < -0.39 is 35.6 Å². The highest BCUT2D eigenvalue weighted by atomic mass is 16.5. The van der Waals surface area contributed by atoms with Crippen molar-refractivity contribution in [1.29, 1.82) is 0 Å². The maximum absolute atomic E-state index is 14.3. The number of carbonyl (C=O) groups is 3. The molecule has 7 atom stereocenters. The molecule has 3 heterocycles. The summed E-state index contributed by atoms with van der Waals surface area (Å²) in [5.74, 6) is -2.41. The molecule has 226 valence electrons. The number of nitrogens with one attached hydrogen (secondary N) is 2. The quantitative estimate of drug-likeness (QED) is 0.356. The number of hydrogen-bond donors (Lipinski definition) is 3. The zero-order valence-corrected chi connectivity index (χ0v) is 25.1. The van der Waals surface area contributed by atoms with Crippen molar-refractivity contribution in [2.45, 2.75) is 77.3 Å². The van der Waals surface area contributed by atoms with Gasteiger partial charge in [0.1, 0.15) is 11.6 Å². The summed E-state index contributed by atoms with van der Waals surface area (Å²) >= 11 is 0. The number of fused-ring (bicyclic) bond motifs is 1. The van der Waals surface area contributed by atoms with Crippen LogP contribution in [-0.4, -0.2) is 71.2 Å². The third kappa shape index (κ3) is 5.17. The maximum atomic E-state index is 14.3. The molecule has 2 aromatic carbocycles. The van der Waals surface area contributed by atoms with Gasteiger partial charge in [0.15, 0.2) is 0 Å². The van der Waals surface area contributed by atoms with Gasteiger partial charge in [-0.1, -0.05) is 50.6 Å². The number of anilines is 2. The van der Waals surface area contributed by atoms with E-state index in [0.29, 0.717) is 25.1 Å². The van der Waals surface area contributed by atoms with Crippen molar-refractivity contribution in [3.8, 4) is 0 Å². The van der Waals surface area contributed by atoms with Gasteiger partial charge in [-0.2, -0.15) is 0 Å². The summed E-state index contributed by atoms with van der Waals surface area (Å²) in [6.07, 6.45) is 1.39. The molecule has 5 rings (SSSR count). The molecule has 0 radical (unpaired) electrons. The van der Waals surface area contributed by atoms with Gasteiger partial charge in [0.2, 0.25) is 17.7 Å². The Morgan fingerprint density at radius 3 is 2.38 bits per heavy atom. The predicted molar refractivity (Wildman–Crippen MR) is 162 cm³/mol. The van der Waals surface area contributed by atoms with Gasteiger partial charge in [-0.15, -0.1) is 0 Å². The van der Waals surface area contributed by atoms with Crippen LogP contribution in [0.4, 0.5) is 11.4 Å². The molecule has 3 N–H and O–H groups in total. The number of rotatable bonds is 12. The summed E-state index contributed by atoms with van der Waals surface area (Å²) in [4.78, 5) is 45.9. The van der Waals surface area contributed by atoms with Gasteiger partial charge >= 0.3 is 0 Å². The Balaban J connectivity index is 1.44. The molecule has 0 aliphatic carbocycles. The van der Waals surface area contributed by atoms with Crippen LogP contribution in [0.2, 0.25) is 0 Å². The van der Waals surface area contributed by atoms with E-state index in [9.17, 15) is 19.5 Å². The zero-order valence-electron chi connectivity index (χ0n) is 25.1. The average molecular weight is 577 g/mol. The molecule has 2 bridgehead atoms. The van der Waals surface area contributed by atoms with Crippen LogP contribution in [0.1, 0.15) is 52.5 Å². The molecular weight excluding hydrogens is 532 g/mol. The SMILES string of the molecule is CC[C@H](C)[C@H](CO)N1C(=O)[C@@H]2[C@@H](C(=O)NCc3ccccc3)[C@H]3CCC2(O3)C1C(=O)Nc1ccc(N(CC)CC)cc1. The average Bonchev–Trinajstić information content (AvgIpc) is 3.65. The second-order valence-corrected chi connectivity index (χ2v) is 11.8. The van der Waals surface area contributed by atoms with E-state index in [-0.39, 0.29) is 30.2 Å². The minimum absolute atomic E-state index is 0.0552. The fourth-order valence-electron chi connectivity index (χ4n) is 7.32. The minimum Gasteiger partial charge on any atom is -0.394 e. The fraction of sp³-hybridized carbons (Fsp3) is 0.545. The van der Waals surface area contributed by atoms with Gasteiger partial charge in [0.25, 0.3) is 0 Å².